The number of hydrogen-bond donors (Lipinski definition) is 0. The van der Waals surface area contributed by atoms with Crippen LogP contribution in [0.3, 0.4) is 0 Å². The van der Waals surface area contributed by atoms with Crippen molar-refractivity contribution < 1.29 is 26.3 Å². The van der Waals surface area contributed by atoms with Crippen molar-refractivity contribution in [2.45, 2.75) is 12.4 Å². The molecule has 3 aromatic heterocycles. The molecule has 0 radical (unpaired) electrons. The van der Waals surface area contributed by atoms with Gasteiger partial charge in [0.15, 0.2) is 11.3 Å². The van der Waals surface area contributed by atoms with Crippen LogP contribution < -0.4 is 0 Å². The van der Waals surface area contributed by atoms with Gasteiger partial charge in [0.25, 0.3) is 0 Å². The summed E-state index contributed by atoms with van der Waals surface area (Å²) in [6.07, 6.45) is -7.99. The summed E-state index contributed by atoms with van der Waals surface area (Å²) >= 11 is 0. The quantitative estimate of drug-likeness (QED) is 0.642. The molecule has 0 saturated heterocycles. The Bertz CT molecular complexity index is 852. The van der Waals surface area contributed by atoms with E-state index in [0.717, 1.165) is 10.9 Å². The van der Waals surface area contributed by atoms with Crippen molar-refractivity contribution in [1.29, 1.82) is 0 Å². The smallest absolute Gasteiger partial charge is 0.267 e. The van der Waals surface area contributed by atoms with E-state index in [1.54, 1.807) is 6.07 Å². The van der Waals surface area contributed by atoms with Gasteiger partial charge >= 0.3 is 12.4 Å². The fourth-order valence-electron chi connectivity index (χ4n) is 1.89. The molecular weight excluding hydrogens is 328 g/mol. The third-order valence-corrected chi connectivity index (χ3v) is 2.81. The van der Waals surface area contributed by atoms with E-state index in [1.807, 2.05) is 0 Å². The first-order valence-electron chi connectivity index (χ1n) is 5.99. The van der Waals surface area contributed by atoms with Crippen molar-refractivity contribution in [2.75, 3.05) is 0 Å². The minimum Gasteiger partial charge on any atom is -0.267 e. The van der Waals surface area contributed by atoms with Gasteiger partial charge in [-0.15, -0.1) is 0 Å². The van der Waals surface area contributed by atoms with Crippen molar-refractivity contribution >= 4 is 11.2 Å². The molecule has 3 heterocycles. The molecule has 0 bridgehead atoms. The van der Waals surface area contributed by atoms with Gasteiger partial charge in [0, 0.05) is 6.20 Å². The molecule has 0 amide bonds. The molecule has 3 aromatic rings. The van der Waals surface area contributed by atoms with Crippen LogP contribution in [0.5, 0.6) is 0 Å². The van der Waals surface area contributed by atoms with E-state index >= 15 is 0 Å². The van der Waals surface area contributed by atoms with Gasteiger partial charge < -0.3 is 0 Å². The molecule has 0 spiro atoms. The summed E-state index contributed by atoms with van der Waals surface area (Å²) in [6, 6.07) is 4.45. The number of pyridine rings is 1. The number of fused-ring (bicyclic) bond motifs is 1. The van der Waals surface area contributed by atoms with Crippen molar-refractivity contribution in [3.8, 4) is 5.82 Å². The van der Waals surface area contributed by atoms with Crippen molar-refractivity contribution in [2.24, 2.45) is 0 Å². The zero-order valence-corrected chi connectivity index (χ0v) is 10.9. The molecule has 0 N–H and O–H groups in total. The first-order chi connectivity index (χ1) is 10.7. The Hall–Kier alpha value is -2.72. The van der Waals surface area contributed by atoms with Gasteiger partial charge in [-0.25, -0.2) is 19.9 Å². The van der Waals surface area contributed by atoms with Crippen LogP contribution >= 0.6 is 0 Å². The standard InChI is InChI=1S/C12H5F6N5/c13-11(14,15)8-7-9(22-10(21-8)12(16,17)18)23(5-20-7)6-3-1-2-4-19-6/h1-5H. The molecule has 3 rings (SSSR count). The summed E-state index contributed by atoms with van der Waals surface area (Å²) in [5.41, 5.74) is -3.15. The lowest BCUT2D eigenvalue weighted by molar-refractivity contribution is -0.151. The highest BCUT2D eigenvalue weighted by Crippen LogP contribution is 2.35. The lowest BCUT2D eigenvalue weighted by Crippen LogP contribution is -2.18. The van der Waals surface area contributed by atoms with Gasteiger partial charge in [0.2, 0.25) is 5.82 Å². The molecule has 11 heteroatoms. The Morgan fingerprint density at radius 1 is 0.870 bits per heavy atom. The van der Waals surface area contributed by atoms with E-state index in [9.17, 15) is 26.3 Å². The van der Waals surface area contributed by atoms with Gasteiger partial charge in [-0.3, -0.25) is 4.57 Å². The number of hydrogen-bond acceptors (Lipinski definition) is 4. The van der Waals surface area contributed by atoms with E-state index in [-0.39, 0.29) is 5.82 Å². The van der Waals surface area contributed by atoms with E-state index < -0.39 is 35.0 Å². The van der Waals surface area contributed by atoms with E-state index in [2.05, 4.69) is 19.9 Å². The fourth-order valence-corrected chi connectivity index (χ4v) is 1.89. The zero-order chi connectivity index (χ0) is 16.8. The van der Waals surface area contributed by atoms with E-state index in [4.69, 9.17) is 0 Å². The summed E-state index contributed by atoms with van der Waals surface area (Å²) in [5, 5.41) is 0. The predicted octanol–water partition coefficient (Wildman–Crippen LogP) is 3.25. The first-order valence-corrected chi connectivity index (χ1v) is 5.99. The molecule has 5 nitrogen and oxygen atoms in total. The molecule has 0 aliphatic rings. The third kappa shape index (κ3) is 2.69. The highest BCUT2D eigenvalue weighted by atomic mass is 19.4. The summed E-state index contributed by atoms with van der Waals surface area (Å²) < 4.78 is 78.2. The molecular formula is C12H5F6N5. The van der Waals surface area contributed by atoms with Gasteiger partial charge in [-0.2, -0.15) is 26.3 Å². The maximum Gasteiger partial charge on any atom is 0.451 e. The first kappa shape index (κ1) is 15.2. The van der Waals surface area contributed by atoms with Crippen LogP contribution in [0.1, 0.15) is 11.5 Å². The van der Waals surface area contributed by atoms with Crippen LogP contribution in [0.25, 0.3) is 17.0 Å². The van der Waals surface area contributed by atoms with Crippen LogP contribution in [0.15, 0.2) is 30.7 Å². The predicted molar refractivity (Wildman–Crippen MR) is 64.5 cm³/mol. The zero-order valence-electron chi connectivity index (χ0n) is 10.9. The number of alkyl halides is 6. The van der Waals surface area contributed by atoms with Crippen LogP contribution in [-0.4, -0.2) is 24.5 Å². The van der Waals surface area contributed by atoms with Crippen LogP contribution in [-0.2, 0) is 12.4 Å². The Labute approximate surface area is 123 Å². The lowest BCUT2D eigenvalue weighted by atomic mass is 10.3. The Morgan fingerprint density at radius 3 is 2.17 bits per heavy atom. The van der Waals surface area contributed by atoms with E-state index in [0.29, 0.717) is 0 Å². The monoisotopic (exact) mass is 333 g/mol. The molecule has 0 unspecified atom stereocenters. The van der Waals surface area contributed by atoms with Gasteiger partial charge in [-0.05, 0) is 12.1 Å². The molecule has 0 fully saturated rings. The molecule has 23 heavy (non-hydrogen) atoms. The maximum absolute atomic E-state index is 13.0. The highest BCUT2D eigenvalue weighted by molar-refractivity contribution is 5.75. The second kappa shape index (κ2) is 4.89. The van der Waals surface area contributed by atoms with Crippen molar-refractivity contribution in [1.82, 2.24) is 24.5 Å². The molecule has 0 aliphatic carbocycles. The van der Waals surface area contributed by atoms with Gasteiger partial charge in [0.05, 0.1) is 0 Å². The normalized spacial score (nSPS) is 12.8. The second-order valence-electron chi connectivity index (χ2n) is 4.37. The summed E-state index contributed by atoms with van der Waals surface area (Å²) in [4.78, 5) is 13.1. The number of aromatic nitrogens is 5. The second-order valence-corrected chi connectivity index (χ2v) is 4.37. The number of halogens is 6. The number of rotatable bonds is 1. The molecule has 120 valence electrons. The summed E-state index contributed by atoms with van der Waals surface area (Å²) in [5.74, 6) is -1.81. The Kier molecular flexibility index (Phi) is 3.23. The SMILES string of the molecule is FC(F)(F)c1nc(C(F)(F)F)c2ncn(-c3ccccn3)c2n1. The summed E-state index contributed by atoms with van der Waals surface area (Å²) in [7, 11) is 0. The molecule has 0 aliphatic heterocycles. The fraction of sp³-hybridized carbons (Fsp3) is 0.167. The Morgan fingerprint density at radius 2 is 1.61 bits per heavy atom. The lowest BCUT2D eigenvalue weighted by Gasteiger charge is -2.11. The van der Waals surface area contributed by atoms with Crippen LogP contribution in [0.4, 0.5) is 26.3 Å². The van der Waals surface area contributed by atoms with E-state index in [1.165, 1.54) is 18.3 Å². The largest absolute Gasteiger partial charge is 0.451 e. The van der Waals surface area contributed by atoms with Gasteiger partial charge in [0.1, 0.15) is 17.7 Å². The van der Waals surface area contributed by atoms with Gasteiger partial charge in [-0.1, -0.05) is 6.07 Å². The number of nitrogens with zero attached hydrogens (tertiary/aromatic N) is 5. The maximum atomic E-state index is 13.0. The minimum atomic E-state index is -5.13. The molecule has 0 atom stereocenters. The topological polar surface area (TPSA) is 56.5 Å². The third-order valence-electron chi connectivity index (χ3n) is 2.81. The minimum absolute atomic E-state index is 0.0787. The van der Waals surface area contributed by atoms with Crippen molar-refractivity contribution in [3.05, 3.63) is 42.2 Å². The molecule has 0 aromatic carbocycles. The van der Waals surface area contributed by atoms with Crippen molar-refractivity contribution in [3.63, 3.8) is 0 Å². The van der Waals surface area contributed by atoms with Crippen LogP contribution in [0.2, 0.25) is 0 Å². The number of imidazole rings is 1. The highest BCUT2D eigenvalue weighted by Gasteiger charge is 2.42. The average Bonchev–Trinajstić information content (AvgIpc) is 2.89. The average molecular weight is 333 g/mol. The molecule has 0 saturated carbocycles. The van der Waals surface area contributed by atoms with Crippen LogP contribution in [0, 0.1) is 0 Å². The summed E-state index contributed by atoms with van der Waals surface area (Å²) in [6.45, 7) is 0. The Balaban J connectivity index is 2.35.